The topological polar surface area (TPSA) is 147 Å². The van der Waals surface area contributed by atoms with Crippen LogP contribution in [0.15, 0.2) is 0 Å². The number of hydrogen-bond acceptors (Lipinski definition) is 4. The molecule has 11 heteroatoms. The average molecular weight is 281 g/mol. The first-order chi connectivity index (χ1) is 6.71. The van der Waals surface area contributed by atoms with Crippen molar-refractivity contribution in [3.8, 4) is 0 Å². The van der Waals surface area contributed by atoms with Gasteiger partial charge in [0.1, 0.15) is 13.2 Å². The number of phosphoric acid groups is 2. The second-order valence-corrected chi connectivity index (χ2v) is 6.05. The summed E-state index contributed by atoms with van der Waals surface area (Å²) < 4.78 is 23.8. The van der Waals surface area contributed by atoms with Crippen LogP contribution in [0.2, 0.25) is 0 Å². The second-order valence-electron chi connectivity index (χ2n) is 3.83. The van der Waals surface area contributed by atoms with E-state index in [1.807, 2.05) is 21.1 Å². The van der Waals surface area contributed by atoms with Crippen LogP contribution in [0.25, 0.3) is 0 Å². The average Bonchev–Trinajstić information content (AvgIpc) is 1.74. The zero-order valence-corrected chi connectivity index (χ0v) is 11.0. The van der Waals surface area contributed by atoms with Gasteiger partial charge in [0.2, 0.25) is 0 Å². The van der Waals surface area contributed by atoms with Crippen LogP contribution in [0, 0.1) is 0 Å². The molecule has 0 saturated heterocycles. The highest BCUT2D eigenvalue weighted by Crippen LogP contribution is 2.35. The van der Waals surface area contributed by atoms with Crippen molar-refractivity contribution in [2.24, 2.45) is 0 Å². The molecule has 0 aromatic heterocycles. The molecule has 0 spiro atoms. The molecule has 0 fully saturated rings. The van der Waals surface area contributed by atoms with E-state index < -0.39 is 15.6 Å². The fourth-order valence-corrected chi connectivity index (χ4v) is 0.753. The molecule has 0 atom stereocenters. The Balaban J connectivity index is 0. The van der Waals surface area contributed by atoms with Gasteiger partial charge in [0.05, 0.1) is 21.1 Å². The molecular formula is C5H17NO8P2. The highest BCUT2D eigenvalue weighted by atomic mass is 31.2. The van der Waals surface area contributed by atoms with Gasteiger partial charge in [0.25, 0.3) is 7.82 Å². The molecule has 16 heavy (non-hydrogen) atoms. The highest BCUT2D eigenvalue weighted by molar-refractivity contribution is 7.46. The molecule has 0 unspecified atom stereocenters. The lowest BCUT2D eigenvalue weighted by atomic mass is 10.5. The zero-order chi connectivity index (χ0) is 13.6. The maximum Gasteiger partial charge on any atom is 0.469 e. The summed E-state index contributed by atoms with van der Waals surface area (Å²) in [4.78, 5) is 39.5. The Kier molecular flexibility index (Phi) is 7.89. The van der Waals surface area contributed by atoms with Gasteiger partial charge in [-0.25, -0.2) is 4.57 Å². The molecule has 0 rings (SSSR count). The number of rotatable bonds is 4. The third kappa shape index (κ3) is 36.8. The van der Waals surface area contributed by atoms with Gasteiger partial charge >= 0.3 is 7.82 Å². The van der Waals surface area contributed by atoms with E-state index in [9.17, 15) is 4.57 Å². The zero-order valence-electron chi connectivity index (χ0n) is 9.18. The largest absolute Gasteiger partial charge is 0.756 e. The van der Waals surface area contributed by atoms with Gasteiger partial charge in [0.15, 0.2) is 0 Å². The standard InChI is InChI=1S/C5H14NO4P.H3O4P/c1-6(2,3)4-5-10-11(7,8)9;1-5(2,3)4/h4-5H2,1-3H3,(H-,7,8,9);(H3,1,2,3,4). The van der Waals surface area contributed by atoms with Crippen LogP contribution >= 0.6 is 15.6 Å². The van der Waals surface area contributed by atoms with Gasteiger partial charge in [-0.3, -0.25) is 9.09 Å². The van der Waals surface area contributed by atoms with Gasteiger partial charge < -0.3 is 29.0 Å². The van der Waals surface area contributed by atoms with Crippen LogP contribution in [0.1, 0.15) is 0 Å². The van der Waals surface area contributed by atoms with Crippen molar-refractivity contribution in [3.63, 3.8) is 0 Å². The number of hydrogen-bond donors (Lipinski definition) is 4. The Labute approximate surface area is 93.4 Å². The quantitative estimate of drug-likeness (QED) is 0.350. The van der Waals surface area contributed by atoms with Crippen LogP contribution in [0.5, 0.6) is 0 Å². The molecule has 0 aliphatic carbocycles. The highest BCUT2D eigenvalue weighted by Gasteiger charge is 2.15. The van der Waals surface area contributed by atoms with Crippen LogP contribution < -0.4 is 4.89 Å². The van der Waals surface area contributed by atoms with E-state index in [1.54, 1.807) is 0 Å². The lowest BCUT2D eigenvalue weighted by molar-refractivity contribution is -0.870. The van der Waals surface area contributed by atoms with Crippen molar-refractivity contribution in [1.29, 1.82) is 0 Å². The van der Waals surface area contributed by atoms with Crippen molar-refractivity contribution >= 4 is 15.6 Å². The van der Waals surface area contributed by atoms with Crippen LogP contribution in [-0.2, 0) is 13.7 Å². The second kappa shape index (κ2) is 6.80. The van der Waals surface area contributed by atoms with E-state index in [2.05, 4.69) is 4.52 Å². The predicted octanol–water partition coefficient (Wildman–Crippen LogP) is -1.76. The van der Waals surface area contributed by atoms with E-state index in [0.29, 0.717) is 11.0 Å². The van der Waals surface area contributed by atoms with Crippen LogP contribution in [-0.4, -0.2) is 58.4 Å². The summed E-state index contributed by atoms with van der Waals surface area (Å²) in [5, 5.41) is 0. The van der Waals surface area contributed by atoms with Gasteiger partial charge in [-0.05, 0) is 0 Å². The van der Waals surface area contributed by atoms with Crippen LogP contribution in [0.4, 0.5) is 0 Å². The third-order valence-corrected chi connectivity index (χ3v) is 1.54. The van der Waals surface area contributed by atoms with Crippen molar-refractivity contribution in [3.05, 3.63) is 0 Å². The minimum Gasteiger partial charge on any atom is -0.756 e. The molecule has 0 aromatic carbocycles. The number of quaternary nitrogens is 1. The van der Waals surface area contributed by atoms with Gasteiger partial charge in [-0.1, -0.05) is 0 Å². The SMILES string of the molecule is C[N+](C)(C)CCOP(=O)(O)O.O=P([O-])(O)O. The minimum absolute atomic E-state index is 0.0772. The molecule has 0 aromatic rings. The van der Waals surface area contributed by atoms with E-state index >= 15 is 0 Å². The number of phosphoric ester groups is 1. The Hall–Kier alpha value is 0.180. The molecular weight excluding hydrogens is 264 g/mol. The molecule has 0 aliphatic heterocycles. The number of likely N-dealkylation sites (N-methyl/N-ethyl adjacent to an activating group) is 1. The first kappa shape index (κ1) is 18.5. The molecule has 0 radical (unpaired) electrons. The summed E-state index contributed by atoms with van der Waals surface area (Å²) in [7, 11) is -3.39. The lowest BCUT2D eigenvalue weighted by Crippen LogP contribution is -2.37. The minimum atomic E-state index is -4.89. The Morgan fingerprint density at radius 2 is 1.44 bits per heavy atom. The monoisotopic (exact) mass is 281 g/mol. The third-order valence-electron chi connectivity index (χ3n) is 1.02. The smallest absolute Gasteiger partial charge is 0.469 e. The molecule has 9 nitrogen and oxygen atoms in total. The molecule has 100 valence electrons. The van der Waals surface area contributed by atoms with Crippen molar-refractivity contribution in [1.82, 2.24) is 0 Å². The van der Waals surface area contributed by atoms with Crippen LogP contribution in [0.3, 0.4) is 0 Å². The maximum atomic E-state index is 10.2. The maximum absolute atomic E-state index is 10.2. The molecule has 0 amide bonds. The molecule has 4 N–H and O–H groups in total. The van der Waals surface area contributed by atoms with Crippen molar-refractivity contribution in [2.75, 3.05) is 34.3 Å². The summed E-state index contributed by atoms with van der Waals surface area (Å²) in [5.41, 5.74) is 0. The number of nitrogens with zero attached hydrogens (tertiary/aromatic N) is 1. The molecule has 0 bridgehead atoms. The summed E-state index contributed by atoms with van der Waals surface area (Å²) in [6, 6.07) is 0. The van der Waals surface area contributed by atoms with Gasteiger partial charge in [-0.15, -0.1) is 0 Å². The first-order valence-electron chi connectivity index (χ1n) is 3.98. The van der Waals surface area contributed by atoms with Gasteiger partial charge in [-0.2, -0.15) is 0 Å². The molecule has 0 aliphatic rings. The van der Waals surface area contributed by atoms with E-state index in [0.717, 1.165) is 0 Å². The lowest BCUT2D eigenvalue weighted by Gasteiger charge is -2.23. The Morgan fingerprint density at radius 3 is 1.62 bits per heavy atom. The molecule has 0 heterocycles. The molecule has 0 saturated carbocycles. The Morgan fingerprint density at radius 1 is 1.12 bits per heavy atom. The van der Waals surface area contributed by atoms with E-state index in [1.165, 1.54) is 0 Å². The van der Waals surface area contributed by atoms with E-state index in [-0.39, 0.29) is 6.61 Å². The fourth-order valence-electron chi connectivity index (χ4n) is 0.434. The van der Waals surface area contributed by atoms with Crippen molar-refractivity contribution in [2.45, 2.75) is 0 Å². The van der Waals surface area contributed by atoms with E-state index in [4.69, 9.17) is 29.0 Å². The van der Waals surface area contributed by atoms with Gasteiger partial charge in [0, 0.05) is 0 Å². The summed E-state index contributed by atoms with van der Waals surface area (Å²) in [6.07, 6.45) is 0. The predicted molar refractivity (Wildman–Crippen MR) is 52.9 cm³/mol. The fraction of sp³-hybridized carbons (Fsp3) is 1.00. The normalized spacial score (nSPS) is 13.0. The summed E-state index contributed by atoms with van der Waals surface area (Å²) in [6.45, 7) is 0.652. The van der Waals surface area contributed by atoms with Crippen molar-refractivity contribution < 1.29 is 42.6 Å². The summed E-state index contributed by atoms with van der Waals surface area (Å²) >= 11 is 0. The Bertz CT molecular complexity index is 266. The summed E-state index contributed by atoms with van der Waals surface area (Å²) in [5.74, 6) is 0. The first-order valence-corrected chi connectivity index (χ1v) is 7.04.